The van der Waals surface area contributed by atoms with Crippen molar-refractivity contribution in [1.82, 2.24) is 25.5 Å². The Bertz CT molecular complexity index is 2980. The van der Waals surface area contributed by atoms with Crippen LogP contribution in [-0.2, 0) is 38.7 Å². The van der Waals surface area contributed by atoms with Crippen molar-refractivity contribution >= 4 is 64.1 Å². The number of aromatic nitrogens is 2. The molecular formula is C53H55Cl4N5O8. The number of ether oxygens (including phenoxy) is 3. The lowest BCUT2D eigenvalue weighted by Gasteiger charge is -2.17. The maximum atomic E-state index is 12.8. The van der Waals surface area contributed by atoms with Crippen LogP contribution in [0.2, 0.25) is 15.1 Å². The average molecular weight is 1030 g/mol. The third kappa shape index (κ3) is 12.7. The Morgan fingerprint density at radius 2 is 1.23 bits per heavy atom. The van der Waals surface area contributed by atoms with Gasteiger partial charge in [-0.3, -0.25) is 19.2 Å². The summed E-state index contributed by atoms with van der Waals surface area (Å²) in [4.78, 5) is 56.5. The summed E-state index contributed by atoms with van der Waals surface area (Å²) < 4.78 is 17.0. The first kappa shape index (κ1) is 53.1. The first-order valence-corrected chi connectivity index (χ1v) is 24.2. The molecule has 17 heteroatoms. The highest BCUT2D eigenvalue weighted by molar-refractivity contribution is 6.36. The van der Waals surface area contributed by atoms with E-state index in [1.54, 1.807) is 23.1 Å². The number of aromatic hydroxyl groups is 1. The molecule has 0 bridgehead atoms. The number of phenolic OH excluding ortho intramolecular Hbond substituents is 1. The highest BCUT2D eigenvalue weighted by atomic mass is 35.5. The molecule has 0 radical (unpaired) electrons. The molecule has 368 valence electrons. The minimum atomic E-state index is -0.217. The second-order valence-electron chi connectivity index (χ2n) is 17.3. The maximum Gasteiger partial charge on any atom is 0.256 e. The van der Waals surface area contributed by atoms with Crippen LogP contribution in [0.1, 0.15) is 115 Å². The van der Waals surface area contributed by atoms with Gasteiger partial charge in [0.2, 0.25) is 5.88 Å². The van der Waals surface area contributed by atoms with Crippen LogP contribution in [0.5, 0.6) is 23.1 Å². The Hall–Kier alpha value is -6.25. The number of carbonyl (C=O) groups is 3. The van der Waals surface area contributed by atoms with Gasteiger partial charge in [-0.25, -0.2) is 4.98 Å². The van der Waals surface area contributed by atoms with Crippen molar-refractivity contribution in [3.8, 4) is 23.1 Å². The van der Waals surface area contributed by atoms with Gasteiger partial charge in [-0.05, 0) is 119 Å². The second-order valence-corrected chi connectivity index (χ2v) is 18.7. The van der Waals surface area contributed by atoms with Gasteiger partial charge >= 0.3 is 0 Å². The van der Waals surface area contributed by atoms with Crippen molar-refractivity contribution < 1.29 is 33.7 Å². The molecule has 13 nitrogen and oxygen atoms in total. The van der Waals surface area contributed by atoms with Gasteiger partial charge in [0.05, 0.1) is 56.4 Å². The molecule has 3 amide bonds. The van der Waals surface area contributed by atoms with Crippen LogP contribution in [0.3, 0.4) is 0 Å². The third-order valence-corrected chi connectivity index (χ3v) is 12.5. The number of phenols is 1. The van der Waals surface area contributed by atoms with Gasteiger partial charge in [0.25, 0.3) is 23.3 Å². The number of hydrogen-bond donors (Lipinski definition) is 4. The van der Waals surface area contributed by atoms with Gasteiger partial charge in [0.1, 0.15) is 23.9 Å². The zero-order chi connectivity index (χ0) is 51.0. The molecule has 0 atom stereocenters. The summed E-state index contributed by atoms with van der Waals surface area (Å²) in [6.45, 7) is 17.6. The van der Waals surface area contributed by atoms with E-state index in [9.17, 15) is 24.3 Å². The lowest BCUT2D eigenvalue weighted by Crippen LogP contribution is -2.28. The highest BCUT2D eigenvalue weighted by Gasteiger charge is 2.32. The van der Waals surface area contributed by atoms with Crippen molar-refractivity contribution in [3.05, 3.63) is 177 Å². The standard InChI is InChI=1S/C19H21ClN2O3.C15H16ClNO.C11H12ClNO2.C8H6ClNO2/c1-10(2)25-15-6-5-13-8-22(19(24)16(13)17(15)20)9-14-11(3)7-12(4)21-18(14)23;1-11-8-12(2)17-15(14(11)9-16)18-10-13-6-4-3-5-7-13;1-6(2)15-8-4-3-7-5-13-11(14)9(7)10(8)12;9-7-5(11)2-1-4-3-10-8(12)6(4)7/h5-7,10H,8-9H2,1-4H3,(H,21,23);3-8H,9-10H2,1-2H3;3-4,6H,5H2,1-2H3,(H,13,14);1-2,11H,3H2,(H,10,12). The van der Waals surface area contributed by atoms with Gasteiger partial charge in [-0.1, -0.05) is 83.3 Å². The van der Waals surface area contributed by atoms with E-state index in [4.69, 9.17) is 60.6 Å². The van der Waals surface area contributed by atoms with Crippen LogP contribution in [0.25, 0.3) is 0 Å². The molecular weight excluding hydrogens is 976 g/mol. The van der Waals surface area contributed by atoms with Gasteiger partial charge < -0.3 is 39.8 Å². The molecule has 0 unspecified atom stereocenters. The quantitative estimate of drug-likeness (QED) is 0.0975. The Labute approximate surface area is 427 Å². The number of nitrogens with zero attached hydrogens (tertiary/aromatic N) is 2. The Balaban J connectivity index is 0.000000159. The minimum absolute atomic E-state index is 0.0306. The SMILES string of the molecule is CC(C)Oc1ccc2c(c1Cl)C(=O)NC2.Cc1cc(C)c(CCl)c(OCc2ccccc2)n1.Cc1cc(C)c(CN2Cc3ccc(OC(C)C)c(Cl)c3C2=O)c(=O)[nH]1.O=C1NCc2ccc(O)c(Cl)c21. The summed E-state index contributed by atoms with van der Waals surface area (Å²) in [6, 6.07) is 24.5. The molecule has 3 aliphatic heterocycles. The van der Waals surface area contributed by atoms with Crippen molar-refractivity contribution in [2.45, 2.75) is 106 Å². The van der Waals surface area contributed by atoms with E-state index >= 15 is 0 Å². The fourth-order valence-electron chi connectivity index (χ4n) is 7.83. The molecule has 9 rings (SSSR count). The Morgan fingerprint density at radius 3 is 1.80 bits per heavy atom. The van der Waals surface area contributed by atoms with Crippen LogP contribution in [-0.4, -0.2) is 49.9 Å². The summed E-state index contributed by atoms with van der Waals surface area (Å²) >= 11 is 24.2. The van der Waals surface area contributed by atoms with Crippen LogP contribution >= 0.6 is 46.4 Å². The number of carbonyl (C=O) groups excluding carboxylic acids is 3. The van der Waals surface area contributed by atoms with Gasteiger partial charge in [-0.15, -0.1) is 11.6 Å². The number of alkyl halides is 1. The number of rotatable bonds is 10. The summed E-state index contributed by atoms with van der Waals surface area (Å²) in [5.41, 5.74) is 10.3. The molecule has 0 saturated carbocycles. The summed E-state index contributed by atoms with van der Waals surface area (Å²) in [5, 5.41) is 15.4. The molecule has 4 N–H and O–H groups in total. The number of benzene rings is 4. The monoisotopic (exact) mass is 1030 g/mol. The number of aryl methyl sites for hydroxylation is 4. The molecule has 0 saturated heterocycles. The number of amides is 3. The molecule has 0 aliphatic carbocycles. The molecule has 70 heavy (non-hydrogen) atoms. The third-order valence-electron chi connectivity index (χ3n) is 11.1. The summed E-state index contributed by atoms with van der Waals surface area (Å²) in [6.07, 6.45) is 0.0157. The minimum Gasteiger partial charge on any atom is -0.506 e. The number of nitrogens with one attached hydrogen (secondary N) is 3. The topological polar surface area (TPSA) is 172 Å². The molecule has 5 heterocycles. The first-order valence-electron chi connectivity index (χ1n) is 22.5. The van der Waals surface area contributed by atoms with Crippen LogP contribution in [0, 0.1) is 27.7 Å². The molecule has 6 aromatic rings. The second kappa shape index (κ2) is 23.6. The molecule has 0 fully saturated rings. The van der Waals surface area contributed by atoms with Crippen LogP contribution in [0.4, 0.5) is 0 Å². The predicted octanol–water partition coefficient (Wildman–Crippen LogP) is 11.3. The van der Waals surface area contributed by atoms with E-state index in [1.807, 2.05) is 110 Å². The summed E-state index contributed by atoms with van der Waals surface area (Å²) in [7, 11) is 0. The van der Waals surface area contributed by atoms with Crippen LogP contribution < -0.4 is 30.4 Å². The van der Waals surface area contributed by atoms with Crippen molar-refractivity contribution in [2.24, 2.45) is 0 Å². The largest absolute Gasteiger partial charge is 0.506 e. The van der Waals surface area contributed by atoms with Gasteiger partial charge in [0, 0.05) is 42.1 Å². The fourth-order valence-corrected chi connectivity index (χ4v) is 9.05. The van der Waals surface area contributed by atoms with E-state index in [-0.39, 0.29) is 52.8 Å². The smallest absolute Gasteiger partial charge is 0.256 e. The van der Waals surface area contributed by atoms with E-state index in [0.29, 0.717) is 81.8 Å². The Kier molecular flexibility index (Phi) is 17.9. The maximum absolute atomic E-state index is 12.8. The van der Waals surface area contributed by atoms with E-state index in [1.165, 1.54) is 6.07 Å². The molecule has 4 aromatic carbocycles. The summed E-state index contributed by atoms with van der Waals surface area (Å²) in [5.74, 6) is 1.59. The predicted molar refractivity (Wildman–Crippen MR) is 274 cm³/mol. The van der Waals surface area contributed by atoms with Crippen molar-refractivity contribution in [1.29, 1.82) is 0 Å². The number of hydrogen-bond acceptors (Lipinski definition) is 9. The zero-order valence-electron chi connectivity index (χ0n) is 40.1. The number of fused-ring (bicyclic) bond motifs is 3. The fraction of sp³-hybridized carbons (Fsp3) is 0.302. The van der Waals surface area contributed by atoms with Gasteiger partial charge in [-0.2, -0.15) is 0 Å². The number of pyridine rings is 2. The van der Waals surface area contributed by atoms with E-state index in [0.717, 1.165) is 50.3 Å². The lowest BCUT2D eigenvalue weighted by atomic mass is 10.1. The molecule has 2 aromatic heterocycles. The van der Waals surface area contributed by atoms with Crippen LogP contribution in [0.15, 0.2) is 83.7 Å². The number of halogens is 4. The number of aromatic amines is 1. The zero-order valence-corrected chi connectivity index (χ0v) is 43.1. The first-order chi connectivity index (χ1) is 33.3. The van der Waals surface area contributed by atoms with Crippen molar-refractivity contribution in [3.63, 3.8) is 0 Å². The van der Waals surface area contributed by atoms with Gasteiger partial charge in [0.15, 0.2) is 0 Å². The average Bonchev–Trinajstić information content (AvgIpc) is 3.99. The molecule has 0 spiro atoms. The highest BCUT2D eigenvalue weighted by Crippen LogP contribution is 2.38. The van der Waals surface area contributed by atoms with Crippen molar-refractivity contribution in [2.75, 3.05) is 0 Å². The van der Waals surface area contributed by atoms with E-state index in [2.05, 4.69) is 20.6 Å². The Morgan fingerprint density at radius 1 is 0.686 bits per heavy atom. The van der Waals surface area contributed by atoms with E-state index < -0.39 is 0 Å². The normalized spacial score (nSPS) is 12.9. The number of H-pyrrole nitrogens is 1. The molecule has 3 aliphatic rings. The lowest BCUT2D eigenvalue weighted by molar-refractivity contribution is 0.0765.